The Morgan fingerprint density at radius 3 is 2.75 bits per heavy atom. The lowest BCUT2D eigenvalue weighted by Gasteiger charge is -2.05. The third-order valence-corrected chi connectivity index (χ3v) is 3.68. The predicted octanol–water partition coefficient (Wildman–Crippen LogP) is 0.858. The van der Waals surface area contributed by atoms with Gasteiger partial charge in [-0.2, -0.15) is 5.10 Å². The molecule has 2 atom stereocenters. The molecule has 2 heterocycles. The highest BCUT2D eigenvalue weighted by Gasteiger charge is 2.28. The van der Waals surface area contributed by atoms with Gasteiger partial charge in [0.1, 0.15) is 5.82 Å². The number of hydrogen-bond acceptors (Lipinski definition) is 4. The Bertz CT molecular complexity index is 359. The van der Waals surface area contributed by atoms with Crippen LogP contribution >= 0.6 is 0 Å². The molecule has 0 unspecified atom stereocenters. The third-order valence-electron chi connectivity index (χ3n) is 3.68. The molecule has 16 heavy (non-hydrogen) atoms. The number of β-amino-alcohol motifs (C(OH)–C–C–N with tert-alkyl or cyclic N) is 1. The fourth-order valence-electron chi connectivity index (χ4n) is 2.74. The highest BCUT2D eigenvalue weighted by atomic mass is 16.3. The SMILES string of the molecule is O[C@H]1CN[C@@H](c2nc(C3CCCC3)n[nH]2)C1. The van der Waals surface area contributed by atoms with Crippen molar-refractivity contribution >= 4 is 0 Å². The van der Waals surface area contributed by atoms with E-state index in [2.05, 4.69) is 20.5 Å². The number of H-pyrrole nitrogens is 1. The molecule has 5 nitrogen and oxygen atoms in total. The molecule has 0 amide bonds. The number of nitrogens with zero attached hydrogens (tertiary/aromatic N) is 2. The highest BCUT2D eigenvalue weighted by Crippen LogP contribution is 2.32. The van der Waals surface area contributed by atoms with E-state index in [0.29, 0.717) is 12.5 Å². The summed E-state index contributed by atoms with van der Waals surface area (Å²) in [4.78, 5) is 4.57. The van der Waals surface area contributed by atoms with Gasteiger partial charge in [-0.1, -0.05) is 12.8 Å². The molecule has 0 aromatic carbocycles. The monoisotopic (exact) mass is 222 g/mol. The predicted molar refractivity (Wildman–Crippen MR) is 59.0 cm³/mol. The van der Waals surface area contributed by atoms with Crippen molar-refractivity contribution in [2.75, 3.05) is 6.54 Å². The molecule has 0 spiro atoms. The topological polar surface area (TPSA) is 73.8 Å². The van der Waals surface area contributed by atoms with Gasteiger partial charge in [-0.25, -0.2) is 4.98 Å². The first kappa shape index (κ1) is 10.2. The van der Waals surface area contributed by atoms with Crippen LogP contribution in [0.3, 0.4) is 0 Å². The van der Waals surface area contributed by atoms with Crippen molar-refractivity contribution in [3.05, 3.63) is 11.6 Å². The minimum absolute atomic E-state index is 0.151. The van der Waals surface area contributed by atoms with E-state index in [1.807, 2.05) is 0 Å². The van der Waals surface area contributed by atoms with E-state index in [1.54, 1.807) is 0 Å². The molecule has 1 aromatic heterocycles. The van der Waals surface area contributed by atoms with Gasteiger partial charge in [0.2, 0.25) is 0 Å². The van der Waals surface area contributed by atoms with Crippen LogP contribution < -0.4 is 5.32 Å². The van der Waals surface area contributed by atoms with Crippen LogP contribution in [0.15, 0.2) is 0 Å². The van der Waals surface area contributed by atoms with Crippen LogP contribution in [0, 0.1) is 0 Å². The minimum atomic E-state index is -0.245. The minimum Gasteiger partial charge on any atom is -0.392 e. The molecule has 1 saturated heterocycles. The Morgan fingerprint density at radius 2 is 2.06 bits per heavy atom. The number of aromatic amines is 1. The summed E-state index contributed by atoms with van der Waals surface area (Å²) in [6.07, 6.45) is 5.53. The van der Waals surface area contributed by atoms with E-state index in [-0.39, 0.29) is 12.1 Å². The maximum atomic E-state index is 9.45. The number of aliphatic hydroxyl groups excluding tert-OH is 1. The van der Waals surface area contributed by atoms with Crippen molar-refractivity contribution in [2.45, 2.75) is 50.2 Å². The Hall–Kier alpha value is -0.940. The van der Waals surface area contributed by atoms with Crippen LogP contribution in [0.2, 0.25) is 0 Å². The van der Waals surface area contributed by atoms with Gasteiger partial charge >= 0.3 is 0 Å². The van der Waals surface area contributed by atoms with Crippen LogP contribution in [0.1, 0.15) is 55.7 Å². The van der Waals surface area contributed by atoms with Crippen molar-refractivity contribution in [3.8, 4) is 0 Å². The van der Waals surface area contributed by atoms with Gasteiger partial charge in [-0.3, -0.25) is 5.10 Å². The summed E-state index contributed by atoms with van der Waals surface area (Å²) < 4.78 is 0. The molecule has 1 aliphatic heterocycles. The number of nitrogens with one attached hydrogen (secondary N) is 2. The number of rotatable bonds is 2. The second-order valence-corrected chi connectivity index (χ2v) is 4.91. The Balaban J connectivity index is 1.72. The van der Waals surface area contributed by atoms with E-state index >= 15 is 0 Å². The molecule has 2 fully saturated rings. The Kier molecular flexibility index (Phi) is 2.65. The molecular formula is C11H18N4O. The number of aromatic nitrogens is 3. The lowest BCUT2D eigenvalue weighted by Crippen LogP contribution is -2.15. The normalized spacial score (nSPS) is 31.3. The van der Waals surface area contributed by atoms with Crippen LogP contribution in [-0.2, 0) is 0 Å². The van der Waals surface area contributed by atoms with Gasteiger partial charge in [0.25, 0.3) is 0 Å². The summed E-state index contributed by atoms with van der Waals surface area (Å²) in [5, 5.41) is 20.0. The maximum absolute atomic E-state index is 9.45. The average Bonchev–Trinajstić information content (AvgIpc) is 2.97. The molecule has 0 radical (unpaired) electrons. The Labute approximate surface area is 94.7 Å². The van der Waals surface area contributed by atoms with Gasteiger partial charge in [0.05, 0.1) is 12.1 Å². The summed E-state index contributed by atoms with van der Waals surface area (Å²) in [5.41, 5.74) is 0. The summed E-state index contributed by atoms with van der Waals surface area (Å²) in [6, 6.07) is 0.151. The van der Waals surface area contributed by atoms with Gasteiger partial charge in [0, 0.05) is 12.5 Å². The fourth-order valence-corrected chi connectivity index (χ4v) is 2.74. The quantitative estimate of drug-likeness (QED) is 0.694. The molecule has 1 aliphatic carbocycles. The molecule has 1 aromatic rings. The van der Waals surface area contributed by atoms with Gasteiger partial charge < -0.3 is 10.4 Å². The largest absolute Gasteiger partial charge is 0.392 e. The number of hydrogen-bond donors (Lipinski definition) is 3. The van der Waals surface area contributed by atoms with E-state index < -0.39 is 0 Å². The third kappa shape index (κ3) is 1.85. The lowest BCUT2D eigenvalue weighted by atomic mass is 10.1. The van der Waals surface area contributed by atoms with Gasteiger partial charge in [-0.15, -0.1) is 0 Å². The summed E-state index contributed by atoms with van der Waals surface area (Å²) in [6.45, 7) is 0.657. The van der Waals surface area contributed by atoms with Crippen LogP contribution in [-0.4, -0.2) is 32.9 Å². The summed E-state index contributed by atoms with van der Waals surface area (Å²) >= 11 is 0. The molecule has 1 saturated carbocycles. The smallest absolute Gasteiger partial charge is 0.153 e. The van der Waals surface area contributed by atoms with Crippen molar-refractivity contribution in [2.24, 2.45) is 0 Å². The van der Waals surface area contributed by atoms with Gasteiger partial charge in [0.15, 0.2) is 5.82 Å². The average molecular weight is 222 g/mol. The van der Waals surface area contributed by atoms with E-state index in [1.165, 1.54) is 25.7 Å². The second-order valence-electron chi connectivity index (χ2n) is 4.91. The highest BCUT2D eigenvalue weighted by molar-refractivity contribution is 5.05. The standard InChI is InChI=1S/C11H18N4O/c16-8-5-9(12-6-8)11-13-10(14-15-11)7-3-1-2-4-7/h7-9,12,16H,1-6H2,(H,13,14,15)/t8-,9-/m1/s1. The van der Waals surface area contributed by atoms with Crippen molar-refractivity contribution in [3.63, 3.8) is 0 Å². The van der Waals surface area contributed by atoms with Gasteiger partial charge in [-0.05, 0) is 19.3 Å². The summed E-state index contributed by atoms with van der Waals surface area (Å²) in [5.74, 6) is 2.41. The summed E-state index contributed by atoms with van der Waals surface area (Å²) in [7, 11) is 0. The second kappa shape index (κ2) is 4.14. The van der Waals surface area contributed by atoms with Crippen molar-refractivity contribution in [1.82, 2.24) is 20.5 Å². The first-order valence-electron chi connectivity index (χ1n) is 6.16. The first-order valence-corrected chi connectivity index (χ1v) is 6.16. The first-order chi connectivity index (χ1) is 7.83. The molecule has 2 aliphatic rings. The van der Waals surface area contributed by atoms with E-state index in [9.17, 15) is 5.11 Å². The van der Waals surface area contributed by atoms with Crippen molar-refractivity contribution < 1.29 is 5.11 Å². The fraction of sp³-hybridized carbons (Fsp3) is 0.818. The molecule has 5 heteroatoms. The Morgan fingerprint density at radius 1 is 1.25 bits per heavy atom. The zero-order valence-electron chi connectivity index (χ0n) is 9.32. The molecular weight excluding hydrogens is 204 g/mol. The van der Waals surface area contributed by atoms with Crippen molar-refractivity contribution in [1.29, 1.82) is 0 Å². The van der Waals surface area contributed by atoms with Crippen LogP contribution in [0.4, 0.5) is 0 Å². The zero-order valence-corrected chi connectivity index (χ0v) is 9.32. The molecule has 0 bridgehead atoms. The number of aliphatic hydroxyl groups is 1. The molecule has 3 N–H and O–H groups in total. The van der Waals surface area contributed by atoms with E-state index in [0.717, 1.165) is 18.1 Å². The van der Waals surface area contributed by atoms with E-state index in [4.69, 9.17) is 0 Å². The van der Waals surface area contributed by atoms with Crippen LogP contribution in [0.5, 0.6) is 0 Å². The lowest BCUT2D eigenvalue weighted by molar-refractivity contribution is 0.193. The van der Waals surface area contributed by atoms with Crippen LogP contribution in [0.25, 0.3) is 0 Å². The molecule has 88 valence electrons. The molecule has 3 rings (SSSR count). The zero-order chi connectivity index (χ0) is 11.0. The maximum Gasteiger partial charge on any atom is 0.153 e.